The van der Waals surface area contributed by atoms with Gasteiger partial charge >= 0.3 is 0 Å². The predicted molar refractivity (Wildman–Crippen MR) is 57.5 cm³/mol. The van der Waals surface area contributed by atoms with Crippen LogP contribution >= 0.6 is 0 Å². The lowest BCUT2D eigenvalue weighted by Crippen LogP contribution is -2.31. The summed E-state index contributed by atoms with van der Waals surface area (Å²) in [4.78, 5) is 0. The Morgan fingerprint density at radius 3 is 2.79 bits per heavy atom. The normalized spacial score (nSPS) is 21.0. The summed E-state index contributed by atoms with van der Waals surface area (Å²) in [5.41, 5.74) is 0. The van der Waals surface area contributed by atoms with Gasteiger partial charge in [-0.3, -0.25) is 0 Å². The molecule has 0 saturated carbocycles. The quantitative estimate of drug-likeness (QED) is 0.662. The van der Waals surface area contributed by atoms with Crippen molar-refractivity contribution < 1.29 is 9.47 Å². The van der Waals surface area contributed by atoms with Crippen LogP contribution in [0.2, 0.25) is 0 Å². The van der Waals surface area contributed by atoms with Crippen LogP contribution in [0.5, 0.6) is 0 Å². The van der Waals surface area contributed by atoms with E-state index < -0.39 is 0 Å². The molecule has 1 rings (SSSR count). The summed E-state index contributed by atoms with van der Waals surface area (Å²) in [5, 5.41) is 3.42. The van der Waals surface area contributed by atoms with Gasteiger partial charge in [0, 0.05) is 25.8 Å². The number of rotatable bonds is 6. The summed E-state index contributed by atoms with van der Waals surface area (Å²) in [6.45, 7) is 7.92. The first kappa shape index (κ1) is 12.0. The van der Waals surface area contributed by atoms with Gasteiger partial charge < -0.3 is 14.8 Å². The number of ether oxygens (including phenoxy) is 2. The Morgan fingerprint density at radius 2 is 2.14 bits per heavy atom. The highest BCUT2D eigenvalue weighted by atomic mass is 16.5. The van der Waals surface area contributed by atoms with Gasteiger partial charge in [-0.05, 0) is 26.2 Å². The van der Waals surface area contributed by atoms with E-state index in [4.69, 9.17) is 9.47 Å². The minimum atomic E-state index is 0.433. The van der Waals surface area contributed by atoms with Crippen molar-refractivity contribution in [3.05, 3.63) is 0 Å². The fourth-order valence-corrected chi connectivity index (χ4v) is 1.52. The van der Waals surface area contributed by atoms with Crippen LogP contribution in [-0.2, 0) is 9.47 Å². The summed E-state index contributed by atoms with van der Waals surface area (Å²) < 4.78 is 11.0. The Kier molecular flexibility index (Phi) is 6.15. The van der Waals surface area contributed by atoms with Crippen molar-refractivity contribution in [2.75, 3.05) is 26.4 Å². The molecule has 0 aliphatic carbocycles. The first-order valence-electron chi connectivity index (χ1n) is 5.75. The zero-order valence-electron chi connectivity index (χ0n) is 9.42. The average molecular weight is 201 g/mol. The van der Waals surface area contributed by atoms with E-state index in [1.165, 1.54) is 6.42 Å². The largest absolute Gasteiger partial charge is 0.381 e. The molecule has 1 N–H and O–H groups in total. The molecular weight excluding hydrogens is 178 g/mol. The van der Waals surface area contributed by atoms with Crippen molar-refractivity contribution >= 4 is 0 Å². The summed E-state index contributed by atoms with van der Waals surface area (Å²) in [7, 11) is 0. The van der Waals surface area contributed by atoms with Crippen molar-refractivity contribution in [3.63, 3.8) is 0 Å². The Bertz CT molecular complexity index is 135. The van der Waals surface area contributed by atoms with Gasteiger partial charge in [0.2, 0.25) is 0 Å². The second kappa shape index (κ2) is 7.21. The number of hydrogen-bond acceptors (Lipinski definition) is 3. The van der Waals surface area contributed by atoms with E-state index in [1.54, 1.807) is 0 Å². The molecule has 1 saturated heterocycles. The topological polar surface area (TPSA) is 30.5 Å². The zero-order chi connectivity index (χ0) is 10.2. The lowest BCUT2D eigenvalue weighted by Gasteiger charge is -2.22. The molecule has 0 amide bonds. The molecule has 0 bridgehead atoms. The molecule has 3 nitrogen and oxygen atoms in total. The van der Waals surface area contributed by atoms with Crippen LogP contribution in [0.1, 0.15) is 33.1 Å². The number of hydrogen-bond donors (Lipinski definition) is 1. The third-order valence-corrected chi connectivity index (χ3v) is 2.73. The molecule has 84 valence electrons. The van der Waals surface area contributed by atoms with E-state index in [9.17, 15) is 0 Å². The van der Waals surface area contributed by atoms with Gasteiger partial charge in [0.05, 0.1) is 12.7 Å². The molecule has 14 heavy (non-hydrogen) atoms. The standard InChI is InChI=1S/C11H23NO2/c1-3-10(2)12-6-9-14-11-4-7-13-8-5-11/h10-12H,3-9H2,1-2H3. The fraction of sp³-hybridized carbons (Fsp3) is 1.00. The van der Waals surface area contributed by atoms with Crippen LogP contribution < -0.4 is 5.32 Å². The van der Waals surface area contributed by atoms with Gasteiger partial charge in [0.25, 0.3) is 0 Å². The molecule has 1 aliphatic heterocycles. The first-order chi connectivity index (χ1) is 6.83. The van der Waals surface area contributed by atoms with E-state index in [2.05, 4.69) is 19.2 Å². The highest BCUT2D eigenvalue weighted by Gasteiger charge is 2.13. The van der Waals surface area contributed by atoms with Crippen LogP contribution in [0.15, 0.2) is 0 Å². The van der Waals surface area contributed by atoms with Gasteiger partial charge in [-0.1, -0.05) is 6.92 Å². The molecule has 0 radical (unpaired) electrons. The van der Waals surface area contributed by atoms with Crippen molar-refractivity contribution in [2.45, 2.75) is 45.3 Å². The summed E-state index contributed by atoms with van der Waals surface area (Å²) >= 11 is 0. The van der Waals surface area contributed by atoms with Crippen LogP contribution in [0.4, 0.5) is 0 Å². The maximum atomic E-state index is 5.74. The van der Waals surface area contributed by atoms with Gasteiger partial charge in [-0.2, -0.15) is 0 Å². The van der Waals surface area contributed by atoms with Crippen molar-refractivity contribution in [1.29, 1.82) is 0 Å². The third kappa shape index (κ3) is 4.94. The first-order valence-corrected chi connectivity index (χ1v) is 5.75. The molecule has 0 aromatic heterocycles. The van der Waals surface area contributed by atoms with Crippen molar-refractivity contribution in [1.82, 2.24) is 5.32 Å². The Labute approximate surface area is 87.2 Å². The van der Waals surface area contributed by atoms with Crippen LogP contribution in [0.25, 0.3) is 0 Å². The second-order valence-electron chi connectivity index (χ2n) is 3.95. The van der Waals surface area contributed by atoms with Crippen LogP contribution in [0, 0.1) is 0 Å². The Morgan fingerprint density at radius 1 is 1.43 bits per heavy atom. The monoisotopic (exact) mass is 201 g/mol. The minimum absolute atomic E-state index is 0.433. The smallest absolute Gasteiger partial charge is 0.0619 e. The molecule has 1 fully saturated rings. The Hall–Kier alpha value is -0.120. The third-order valence-electron chi connectivity index (χ3n) is 2.73. The van der Waals surface area contributed by atoms with E-state index in [0.717, 1.165) is 39.2 Å². The van der Waals surface area contributed by atoms with E-state index in [-0.39, 0.29) is 0 Å². The molecule has 0 spiro atoms. The van der Waals surface area contributed by atoms with E-state index >= 15 is 0 Å². The highest BCUT2D eigenvalue weighted by Crippen LogP contribution is 2.09. The van der Waals surface area contributed by atoms with Crippen molar-refractivity contribution in [2.24, 2.45) is 0 Å². The molecule has 1 unspecified atom stereocenters. The highest BCUT2D eigenvalue weighted by molar-refractivity contribution is 4.63. The summed E-state index contributed by atoms with van der Waals surface area (Å²) in [6.07, 6.45) is 3.73. The second-order valence-corrected chi connectivity index (χ2v) is 3.95. The summed E-state index contributed by atoms with van der Waals surface area (Å²) in [5.74, 6) is 0. The van der Waals surface area contributed by atoms with Crippen molar-refractivity contribution in [3.8, 4) is 0 Å². The molecule has 0 aromatic rings. The summed E-state index contributed by atoms with van der Waals surface area (Å²) in [6, 6.07) is 0.605. The van der Waals surface area contributed by atoms with Crippen LogP contribution in [0.3, 0.4) is 0 Å². The molecule has 0 aromatic carbocycles. The Balaban J connectivity index is 1.92. The van der Waals surface area contributed by atoms with Gasteiger partial charge in [0.15, 0.2) is 0 Å². The van der Waals surface area contributed by atoms with E-state index in [1.807, 2.05) is 0 Å². The van der Waals surface area contributed by atoms with Gasteiger partial charge in [0.1, 0.15) is 0 Å². The SMILES string of the molecule is CCC(C)NCCOC1CCOCC1. The number of nitrogens with one attached hydrogen (secondary N) is 1. The van der Waals surface area contributed by atoms with Gasteiger partial charge in [-0.25, -0.2) is 0 Å². The predicted octanol–water partition coefficient (Wildman–Crippen LogP) is 1.57. The maximum Gasteiger partial charge on any atom is 0.0619 e. The fourth-order valence-electron chi connectivity index (χ4n) is 1.52. The lowest BCUT2D eigenvalue weighted by molar-refractivity contribution is -0.0308. The molecule has 1 atom stereocenters. The molecule has 1 aliphatic rings. The van der Waals surface area contributed by atoms with Crippen LogP contribution in [-0.4, -0.2) is 38.5 Å². The minimum Gasteiger partial charge on any atom is -0.381 e. The zero-order valence-corrected chi connectivity index (χ0v) is 9.42. The molecule has 3 heteroatoms. The molecule has 1 heterocycles. The maximum absolute atomic E-state index is 5.74. The average Bonchev–Trinajstić information content (AvgIpc) is 2.25. The lowest BCUT2D eigenvalue weighted by atomic mass is 10.1. The van der Waals surface area contributed by atoms with Gasteiger partial charge in [-0.15, -0.1) is 0 Å². The molecular formula is C11H23NO2. The van der Waals surface area contributed by atoms with E-state index in [0.29, 0.717) is 12.1 Å².